The number of hydrogen-bond donors (Lipinski definition) is 1. The van der Waals surface area contributed by atoms with Gasteiger partial charge in [0.2, 0.25) is 5.95 Å². The Morgan fingerprint density at radius 2 is 2.12 bits per heavy atom. The number of imidazole rings is 1. The van der Waals surface area contributed by atoms with Gasteiger partial charge in [-0.1, -0.05) is 29.8 Å². The summed E-state index contributed by atoms with van der Waals surface area (Å²) in [5, 5.41) is 3.81. The minimum absolute atomic E-state index is 0.431. The van der Waals surface area contributed by atoms with Gasteiger partial charge >= 0.3 is 0 Å². The Bertz CT molecular complexity index is 699. The van der Waals surface area contributed by atoms with Crippen LogP contribution in [0.1, 0.15) is 0 Å². The zero-order valence-corrected chi connectivity index (χ0v) is 10.7. The molecule has 2 N–H and O–H groups in total. The van der Waals surface area contributed by atoms with Gasteiger partial charge in [0, 0.05) is 28.1 Å². The topological polar surface area (TPSA) is 43.8 Å². The first kappa shape index (κ1) is 10.6. The number of thiophene rings is 1. The van der Waals surface area contributed by atoms with E-state index in [1.54, 1.807) is 15.9 Å². The van der Waals surface area contributed by atoms with Crippen molar-refractivity contribution in [1.82, 2.24) is 9.55 Å². The van der Waals surface area contributed by atoms with E-state index in [1.807, 2.05) is 19.2 Å². The van der Waals surface area contributed by atoms with Crippen molar-refractivity contribution >= 4 is 39.0 Å². The van der Waals surface area contributed by atoms with Gasteiger partial charge in [-0.3, -0.25) is 0 Å². The first-order valence-corrected chi connectivity index (χ1v) is 6.38. The second-order valence-corrected chi connectivity index (χ2v) is 5.08. The predicted molar refractivity (Wildman–Crippen MR) is 73.4 cm³/mol. The van der Waals surface area contributed by atoms with Gasteiger partial charge in [-0.15, -0.1) is 11.3 Å². The van der Waals surface area contributed by atoms with Gasteiger partial charge in [0.1, 0.15) is 10.8 Å². The van der Waals surface area contributed by atoms with Crippen molar-refractivity contribution in [3.63, 3.8) is 0 Å². The zero-order chi connectivity index (χ0) is 12.0. The Labute approximate surface area is 107 Å². The maximum Gasteiger partial charge on any atom is 0.201 e. The highest BCUT2D eigenvalue weighted by Crippen LogP contribution is 2.37. The second kappa shape index (κ2) is 3.75. The number of halogens is 1. The zero-order valence-electron chi connectivity index (χ0n) is 9.14. The summed E-state index contributed by atoms with van der Waals surface area (Å²) in [6.45, 7) is 0. The van der Waals surface area contributed by atoms with Gasteiger partial charge in [0.05, 0.1) is 0 Å². The quantitative estimate of drug-likeness (QED) is 0.730. The van der Waals surface area contributed by atoms with Crippen LogP contribution in [0.3, 0.4) is 0 Å². The van der Waals surface area contributed by atoms with Crippen LogP contribution in [-0.2, 0) is 7.05 Å². The van der Waals surface area contributed by atoms with E-state index < -0.39 is 0 Å². The normalized spacial score (nSPS) is 11.2. The van der Waals surface area contributed by atoms with Crippen LogP contribution in [0, 0.1) is 0 Å². The molecule has 0 radical (unpaired) electrons. The number of fused-ring (bicyclic) bond motifs is 1. The van der Waals surface area contributed by atoms with Crippen LogP contribution in [0.25, 0.3) is 21.3 Å². The van der Waals surface area contributed by atoms with Crippen LogP contribution in [0.15, 0.2) is 29.6 Å². The van der Waals surface area contributed by atoms with Gasteiger partial charge in [-0.05, 0) is 6.07 Å². The van der Waals surface area contributed by atoms with Gasteiger partial charge in [-0.25, -0.2) is 4.98 Å². The summed E-state index contributed by atoms with van der Waals surface area (Å²) >= 11 is 7.91. The van der Waals surface area contributed by atoms with Crippen molar-refractivity contribution in [2.45, 2.75) is 0 Å². The molecule has 3 aromatic rings. The van der Waals surface area contributed by atoms with Crippen LogP contribution < -0.4 is 5.73 Å². The maximum absolute atomic E-state index is 6.23. The standard InChI is InChI=1S/C12H10ClN3S/c1-16-11(13)10(15-12(16)14)8-6-17-9-5-3-2-4-7(8)9/h2-6H,1H3,(H2,14,15). The molecule has 0 amide bonds. The van der Waals surface area contributed by atoms with Crippen molar-refractivity contribution in [2.24, 2.45) is 7.05 Å². The molecule has 2 heterocycles. The lowest BCUT2D eigenvalue weighted by atomic mass is 10.1. The van der Waals surface area contributed by atoms with E-state index in [1.165, 1.54) is 4.70 Å². The summed E-state index contributed by atoms with van der Waals surface area (Å²) in [6.07, 6.45) is 0. The highest BCUT2D eigenvalue weighted by Gasteiger charge is 2.15. The first-order chi connectivity index (χ1) is 8.18. The number of hydrogen-bond acceptors (Lipinski definition) is 3. The molecule has 0 saturated carbocycles. The number of nitrogen functional groups attached to an aromatic ring is 1. The van der Waals surface area contributed by atoms with E-state index in [4.69, 9.17) is 17.3 Å². The number of aromatic nitrogens is 2. The average molecular weight is 264 g/mol. The number of nitrogens with two attached hydrogens (primary N) is 1. The summed E-state index contributed by atoms with van der Waals surface area (Å²) in [6, 6.07) is 8.20. The molecular formula is C12H10ClN3S. The maximum atomic E-state index is 6.23. The lowest BCUT2D eigenvalue weighted by molar-refractivity contribution is 0.931. The second-order valence-electron chi connectivity index (χ2n) is 3.81. The summed E-state index contributed by atoms with van der Waals surface area (Å²) in [5.74, 6) is 0.431. The van der Waals surface area contributed by atoms with Gasteiger partial charge in [0.25, 0.3) is 0 Å². The minimum atomic E-state index is 0.431. The SMILES string of the molecule is Cn1c(N)nc(-c2csc3ccccc23)c1Cl. The van der Waals surface area contributed by atoms with Gasteiger partial charge < -0.3 is 10.3 Å². The largest absolute Gasteiger partial charge is 0.369 e. The van der Waals surface area contributed by atoms with Crippen molar-refractivity contribution < 1.29 is 0 Å². The molecule has 0 saturated heterocycles. The lowest BCUT2D eigenvalue weighted by Crippen LogP contribution is -1.96. The Hall–Kier alpha value is -1.52. The summed E-state index contributed by atoms with van der Waals surface area (Å²) in [4.78, 5) is 4.32. The third kappa shape index (κ3) is 1.52. The molecule has 3 nitrogen and oxygen atoms in total. The first-order valence-electron chi connectivity index (χ1n) is 5.13. The Morgan fingerprint density at radius 3 is 2.82 bits per heavy atom. The van der Waals surface area contributed by atoms with Crippen molar-refractivity contribution in [2.75, 3.05) is 5.73 Å². The average Bonchev–Trinajstić information content (AvgIpc) is 2.86. The van der Waals surface area contributed by atoms with Crippen molar-refractivity contribution in [1.29, 1.82) is 0 Å². The highest BCUT2D eigenvalue weighted by atomic mass is 35.5. The van der Waals surface area contributed by atoms with Crippen LogP contribution in [-0.4, -0.2) is 9.55 Å². The molecule has 0 unspecified atom stereocenters. The Balaban J connectivity index is 2.31. The number of nitrogens with zero attached hydrogens (tertiary/aromatic N) is 2. The molecule has 86 valence electrons. The minimum Gasteiger partial charge on any atom is -0.369 e. The van der Waals surface area contributed by atoms with E-state index in [-0.39, 0.29) is 0 Å². The van der Waals surface area contributed by atoms with E-state index in [9.17, 15) is 0 Å². The molecule has 0 atom stereocenters. The van der Waals surface area contributed by atoms with E-state index in [2.05, 4.69) is 22.5 Å². The van der Waals surface area contributed by atoms with Crippen molar-refractivity contribution in [3.8, 4) is 11.3 Å². The Morgan fingerprint density at radius 1 is 1.35 bits per heavy atom. The smallest absolute Gasteiger partial charge is 0.201 e. The lowest BCUT2D eigenvalue weighted by Gasteiger charge is -1.97. The van der Waals surface area contributed by atoms with Crippen LogP contribution >= 0.6 is 22.9 Å². The summed E-state index contributed by atoms with van der Waals surface area (Å²) in [5.41, 5.74) is 7.56. The molecule has 0 aliphatic rings. The fourth-order valence-corrected chi connectivity index (χ4v) is 3.00. The number of anilines is 1. The van der Waals surface area contributed by atoms with E-state index in [0.29, 0.717) is 11.1 Å². The molecule has 0 aliphatic carbocycles. The van der Waals surface area contributed by atoms with Crippen LogP contribution in [0.5, 0.6) is 0 Å². The molecule has 3 rings (SSSR count). The fraction of sp³-hybridized carbons (Fsp3) is 0.0833. The predicted octanol–water partition coefficient (Wildman–Crippen LogP) is 3.54. The monoisotopic (exact) mass is 263 g/mol. The van der Waals surface area contributed by atoms with Gasteiger partial charge in [-0.2, -0.15) is 0 Å². The molecule has 17 heavy (non-hydrogen) atoms. The number of benzene rings is 1. The molecule has 0 fully saturated rings. The molecule has 5 heteroatoms. The third-order valence-electron chi connectivity index (χ3n) is 2.80. The molecule has 1 aromatic carbocycles. The molecule has 0 spiro atoms. The highest BCUT2D eigenvalue weighted by molar-refractivity contribution is 7.17. The summed E-state index contributed by atoms with van der Waals surface area (Å²) in [7, 11) is 1.81. The van der Waals surface area contributed by atoms with E-state index in [0.717, 1.165) is 16.6 Å². The Kier molecular flexibility index (Phi) is 2.34. The van der Waals surface area contributed by atoms with Gasteiger partial charge in [0.15, 0.2) is 0 Å². The third-order valence-corrected chi connectivity index (χ3v) is 4.19. The van der Waals surface area contributed by atoms with Crippen LogP contribution in [0.2, 0.25) is 5.15 Å². The van der Waals surface area contributed by atoms with Crippen LogP contribution in [0.4, 0.5) is 5.95 Å². The summed E-state index contributed by atoms with van der Waals surface area (Å²) < 4.78 is 2.91. The van der Waals surface area contributed by atoms with E-state index >= 15 is 0 Å². The fourth-order valence-electron chi connectivity index (χ4n) is 1.83. The molecule has 0 aliphatic heterocycles. The number of rotatable bonds is 1. The van der Waals surface area contributed by atoms with Crippen molar-refractivity contribution in [3.05, 3.63) is 34.8 Å². The molecule has 0 bridgehead atoms. The molecular weight excluding hydrogens is 254 g/mol. The molecule has 2 aromatic heterocycles.